The Kier molecular flexibility index (Phi) is 2.89. The molecule has 0 aliphatic carbocycles. The molecule has 0 atom stereocenters. The number of hydrogen-bond acceptors (Lipinski definition) is 2. The van der Waals surface area contributed by atoms with Gasteiger partial charge in [0.1, 0.15) is 5.58 Å². The molecule has 148 valence electrons. The van der Waals surface area contributed by atoms with Gasteiger partial charge in [0.15, 0.2) is 5.58 Å². The van der Waals surface area contributed by atoms with Crippen molar-refractivity contribution in [2.45, 2.75) is 0 Å². The number of hydrogen-bond donors (Lipinski definition) is 0. The van der Waals surface area contributed by atoms with Gasteiger partial charge in [-0.2, -0.15) is 0 Å². The fourth-order valence-electron chi connectivity index (χ4n) is 5.38. The molecule has 0 unspecified atom stereocenters. The topological polar surface area (TPSA) is 30.4 Å². The molecule has 0 saturated heterocycles. The first-order valence-corrected chi connectivity index (χ1v) is 10.8. The molecular weight excluding hydrogens is 392 g/mol. The van der Waals surface area contributed by atoms with Crippen LogP contribution in [0, 0.1) is 0 Å². The molecule has 4 aromatic carbocycles. The van der Waals surface area contributed by atoms with Crippen molar-refractivity contribution >= 4 is 60.0 Å². The molecular formula is C29H16N2O. The van der Waals surface area contributed by atoms with Crippen LogP contribution < -0.4 is 0 Å². The van der Waals surface area contributed by atoms with Crippen LogP contribution in [-0.4, -0.2) is 9.38 Å². The highest BCUT2D eigenvalue weighted by molar-refractivity contribution is 6.23. The number of pyridine rings is 1. The van der Waals surface area contributed by atoms with Crippen LogP contribution in [0.4, 0.5) is 0 Å². The van der Waals surface area contributed by atoms with E-state index in [9.17, 15) is 0 Å². The van der Waals surface area contributed by atoms with E-state index in [0.717, 1.165) is 33.2 Å². The van der Waals surface area contributed by atoms with Crippen molar-refractivity contribution in [2.75, 3.05) is 0 Å². The zero-order chi connectivity index (χ0) is 20.8. The van der Waals surface area contributed by atoms with Crippen molar-refractivity contribution in [2.24, 2.45) is 0 Å². The molecule has 0 saturated carbocycles. The first kappa shape index (κ1) is 16.3. The van der Waals surface area contributed by atoms with E-state index in [4.69, 9.17) is 9.40 Å². The number of aromatic nitrogens is 2. The van der Waals surface area contributed by atoms with Crippen LogP contribution in [0.3, 0.4) is 0 Å². The third-order valence-corrected chi connectivity index (χ3v) is 6.78. The lowest BCUT2D eigenvalue weighted by molar-refractivity contribution is 0.667. The third kappa shape index (κ3) is 1.94. The Labute approximate surface area is 182 Å². The lowest BCUT2D eigenvalue weighted by Gasteiger charge is -2.03. The zero-order valence-electron chi connectivity index (χ0n) is 17.0. The normalized spacial score (nSPS) is 12.4. The van der Waals surface area contributed by atoms with Crippen LogP contribution in [0.2, 0.25) is 0 Å². The summed E-state index contributed by atoms with van der Waals surface area (Å²) in [4.78, 5) is 4.74. The number of furan rings is 1. The van der Waals surface area contributed by atoms with E-state index in [2.05, 4.69) is 77.2 Å². The third-order valence-electron chi connectivity index (χ3n) is 6.78. The van der Waals surface area contributed by atoms with Crippen LogP contribution in [-0.2, 0) is 0 Å². The predicted octanol–water partition coefficient (Wildman–Crippen LogP) is 7.80. The van der Waals surface area contributed by atoms with Crippen molar-refractivity contribution < 1.29 is 4.42 Å². The summed E-state index contributed by atoms with van der Waals surface area (Å²) < 4.78 is 8.38. The molecule has 0 aliphatic heterocycles. The van der Waals surface area contributed by atoms with Crippen LogP contribution in [0.25, 0.3) is 71.3 Å². The lowest BCUT2D eigenvalue weighted by Crippen LogP contribution is -1.85. The molecule has 4 heterocycles. The van der Waals surface area contributed by atoms with Gasteiger partial charge in [-0.1, -0.05) is 66.7 Å². The molecule has 4 aromatic heterocycles. The van der Waals surface area contributed by atoms with Gasteiger partial charge in [0.05, 0.1) is 28.4 Å². The number of para-hydroxylation sites is 3. The minimum atomic E-state index is 0.821. The van der Waals surface area contributed by atoms with Crippen molar-refractivity contribution in [3.8, 4) is 11.3 Å². The van der Waals surface area contributed by atoms with Gasteiger partial charge in [0.2, 0.25) is 0 Å². The van der Waals surface area contributed by atoms with E-state index in [1.165, 1.54) is 38.1 Å². The maximum Gasteiger partial charge on any atom is 0.153 e. The smallest absolute Gasteiger partial charge is 0.153 e. The summed E-state index contributed by atoms with van der Waals surface area (Å²) in [6.07, 6.45) is 1.84. The Balaban J connectivity index is 1.47. The van der Waals surface area contributed by atoms with Crippen LogP contribution in [0.5, 0.6) is 0 Å². The van der Waals surface area contributed by atoms with Gasteiger partial charge in [-0.15, -0.1) is 0 Å². The Bertz CT molecular complexity index is 1990. The Morgan fingerprint density at radius 1 is 0.562 bits per heavy atom. The minimum Gasteiger partial charge on any atom is -0.454 e. The minimum absolute atomic E-state index is 0.821. The molecule has 3 nitrogen and oxygen atoms in total. The van der Waals surface area contributed by atoms with Gasteiger partial charge in [-0.3, -0.25) is 4.98 Å². The molecule has 0 aliphatic rings. The highest BCUT2D eigenvalue weighted by Gasteiger charge is 2.17. The van der Waals surface area contributed by atoms with E-state index >= 15 is 0 Å². The first-order valence-electron chi connectivity index (χ1n) is 10.8. The first-order chi connectivity index (χ1) is 15.9. The number of rotatable bonds is 1. The summed E-state index contributed by atoms with van der Waals surface area (Å²) in [6.45, 7) is 0. The van der Waals surface area contributed by atoms with E-state index in [-0.39, 0.29) is 0 Å². The average molecular weight is 408 g/mol. The fraction of sp³-hybridized carbons (Fsp3) is 0. The summed E-state index contributed by atoms with van der Waals surface area (Å²) in [5.41, 5.74) is 7.54. The Morgan fingerprint density at radius 3 is 2.22 bits per heavy atom. The van der Waals surface area contributed by atoms with Crippen LogP contribution >= 0.6 is 0 Å². The summed E-state index contributed by atoms with van der Waals surface area (Å²) in [5.74, 6) is 0. The van der Waals surface area contributed by atoms with Gasteiger partial charge in [0.25, 0.3) is 0 Å². The largest absolute Gasteiger partial charge is 0.454 e. The SMILES string of the molecule is c1ccc2c(c1)oc1cnc(-c3ccc4c5cccc6c7ccccc7n(c4c3)c65)cc12. The second kappa shape index (κ2) is 5.65. The van der Waals surface area contributed by atoms with Gasteiger partial charge in [-0.05, 0) is 24.3 Å². The standard InChI is InChI=1S/C29H16N2O/c1-3-10-25-18(6-1)21-8-5-9-22-19-13-12-17(14-26(19)31(25)29(21)22)24-15-23-20-7-2-4-11-27(20)32-28(23)16-30-24/h1-16H. The highest BCUT2D eigenvalue weighted by atomic mass is 16.3. The second-order valence-corrected chi connectivity index (χ2v) is 8.45. The average Bonchev–Trinajstić information content (AvgIpc) is 3.50. The predicted molar refractivity (Wildman–Crippen MR) is 132 cm³/mol. The lowest BCUT2D eigenvalue weighted by atomic mass is 10.0. The molecule has 8 rings (SSSR count). The maximum absolute atomic E-state index is 5.97. The van der Waals surface area contributed by atoms with Gasteiger partial charge in [-0.25, -0.2) is 0 Å². The van der Waals surface area contributed by atoms with E-state index in [0.29, 0.717) is 0 Å². The van der Waals surface area contributed by atoms with Gasteiger partial charge in [0, 0.05) is 37.9 Å². The maximum atomic E-state index is 5.97. The quantitative estimate of drug-likeness (QED) is 0.277. The monoisotopic (exact) mass is 408 g/mol. The second-order valence-electron chi connectivity index (χ2n) is 8.45. The van der Waals surface area contributed by atoms with Crippen LogP contribution in [0.15, 0.2) is 102 Å². The zero-order valence-corrected chi connectivity index (χ0v) is 17.0. The van der Waals surface area contributed by atoms with Gasteiger partial charge >= 0.3 is 0 Å². The van der Waals surface area contributed by atoms with E-state index in [1.807, 2.05) is 24.4 Å². The van der Waals surface area contributed by atoms with Gasteiger partial charge < -0.3 is 8.82 Å². The van der Waals surface area contributed by atoms with Crippen molar-refractivity contribution in [1.82, 2.24) is 9.38 Å². The molecule has 0 bridgehead atoms. The number of benzene rings is 4. The summed E-state index contributed by atoms with van der Waals surface area (Å²) >= 11 is 0. The van der Waals surface area contributed by atoms with E-state index in [1.54, 1.807) is 0 Å². The molecule has 0 fully saturated rings. The Morgan fingerprint density at radius 2 is 1.31 bits per heavy atom. The molecule has 0 radical (unpaired) electrons. The summed E-state index contributed by atoms with van der Waals surface area (Å²) in [7, 11) is 0. The molecule has 0 amide bonds. The summed E-state index contributed by atoms with van der Waals surface area (Å²) in [6, 6.07) is 32.3. The molecule has 8 aromatic rings. The molecule has 0 N–H and O–H groups in total. The van der Waals surface area contributed by atoms with Crippen molar-refractivity contribution in [3.05, 3.63) is 97.2 Å². The molecule has 3 heteroatoms. The highest BCUT2D eigenvalue weighted by Crippen LogP contribution is 2.40. The Hall–Kier alpha value is -4.37. The fourth-order valence-corrected chi connectivity index (χ4v) is 5.38. The van der Waals surface area contributed by atoms with Crippen molar-refractivity contribution in [1.29, 1.82) is 0 Å². The summed E-state index contributed by atoms with van der Waals surface area (Å²) in [5, 5.41) is 7.39. The number of nitrogens with zero attached hydrogens (tertiary/aromatic N) is 2. The molecule has 0 spiro atoms. The van der Waals surface area contributed by atoms with E-state index < -0.39 is 0 Å². The van der Waals surface area contributed by atoms with Crippen molar-refractivity contribution in [3.63, 3.8) is 0 Å². The molecule has 32 heavy (non-hydrogen) atoms. The number of fused-ring (bicyclic) bond motifs is 9. The van der Waals surface area contributed by atoms with Crippen LogP contribution in [0.1, 0.15) is 0 Å².